The molecule has 1 aliphatic heterocycles. The molecule has 2 aromatic rings. The van der Waals surface area contributed by atoms with Crippen molar-refractivity contribution in [3.8, 4) is 0 Å². The molecule has 3 N–H and O–H groups in total. The highest BCUT2D eigenvalue weighted by molar-refractivity contribution is 5.78. The van der Waals surface area contributed by atoms with E-state index < -0.39 is 35.8 Å². The lowest BCUT2D eigenvalue weighted by Gasteiger charge is -2.40. The van der Waals surface area contributed by atoms with Crippen molar-refractivity contribution < 1.29 is 31.1 Å². The van der Waals surface area contributed by atoms with Crippen molar-refractivity contribution in [1.82, 2.24) is 14.7 Å². The Kier molecular flexibility index (Phi) is 8.17. The largest absolute Gasteiger partial charge is 0.416 e. The van der Waals surface area contributed by atoms with Crippen molar-refractivity contribution in [2.45, 2.75) is 24.8 Å². The number of likely N-dealkylation sites (N-methyl/N-ethyl adjacent to an activating group) is 1. The molecule has 1 amide bonds. The van der Waals surface area contributed by atoms with Crippen LogP contribution in [-0.2, 0) is 23.6 Å². The van der Waals surface area contributed by atoms with Crippen LogP contribution in [0.25, 0.3) is 0 Å². The minimum absolute atomic E-state index is 0.0301. The first-order valence-corrected chi connectivity index (χ1v) is 11.2. The van der Waals surface area contributed by atoms with Gasteiger partial charge in [-0.15, -0.1) is 0 Å². The lowest BCUT2D eigenvalue weighted by Crippen LogP contribution is -2.53. The molecule has 1 fully saturated rings. The van der Waals surface area contributed by atoms with Gasteiger partial charge < -0.3 is 15.5 Å². The van der Waals surface area contributed by atoms with E-state index in [9.17, 15) is 31.1 Å². The number of rotatable bonds is 6. The summed E-state index contributed by atoms with van der Waals surface area (Å²) >= 11 is 0. The third-order valence-corrected chi connectivity index (χ3v) is 6.16. The number of nitrogens with zero attached hydrogens (tertiary/aromatic N) is 3. The maximum Gasteiger partial charge on any atom is 0.416 e. The molecule has 2 aromatic carbocycles. The van der Waals surface area contributed by atoms with Gasteiger partial charge >= 0.3 is 12.4 Å². The second-order valence-corrected chi connectivity index (χ2v) is 8.70. The van der Waals surface area contributed by atoms with E-state index in [2.05, 4.69) is 4.90 Å². The molecule has 1 saturated heterocycles. The molecule has 1 heterocycles. The van der Waals surface area contributed by atoms with Gasteiger partial charge in [0.15, 0.2) is 5.96 Å². The third kappa shape index (κ3) is 6.90. The van der Waals surface area contributed by atoms with Gasteiger partial charge in [-0.3, -0.25) is 15.1 Å². The molecular formula is C24H27F6N5O. The molecule has 0 spiro atoms. The van der Waals surface area contributed by atoms with E-state index in [4.69, 9.17) is 11.1 Å². The van der Waals surface area contributed by atoms with Crippen LogP contribution < -0.4 is 5.73 Å². The zero-order valence-corrected chi connectivity index (χ0v) is 19.5. The molecule has 0 saturated carbocycles. The molecule has 0 aliphatic carbocycles. The van der Waals surface area contributed by atoms with Gasteiger partial charge in [-0.25, -0.2) is 0 Å². The number of hydrogen-bond acceptors (Lipinski definition) is 3. The smallest absolute Gasteiger partial charge is 0.370 e. The van der Waals surface area contributed by atoms with E-state index in [1.165, 1.54) is 11.9 Å². The fourth-order valence-electron chi connectivity index (χ4n) is 4.17. The molecule has 3 rings (SSSR count). The normalized spacial score (nSPS) is 16.0. The summed E-state index contributed by atoms with van der Waals surface area (Å²) in [5.41, 5.74) is 3.21. The summed E-state index contributed by atoms with van der Waals surface area (Å²) in [5, 5.41) is 7.60. The van der Waals surface area contributed by atoms with Gasteiger partial charge in [0.1, 0.15) is 0 Å². The number of piperazine rings is 1. The third-order valence-electron chi connectivity index (χ3n) is 6.16. The molecule has 36 heavy (non-hydrogen) atoms. The number of nitrogens with one attached hydrogen (secondary N) is 1. The molecule has 12 heteroatoms. The zero-order valence-electron chi connectivity index (χ0n) is 19.5. The average molecular weight is 516 g/mol. The van der Waals surface area contributed by atoms with Crippen molar-refractivity contribution in [1.29, 1.82) is 5.41 Å². The number of halogens is 6. The summed E-state index contributed by atoms with van der Waals surface area (Å²) in [7, 11) is 1.47. The number of carbonyl (C=O) groups excluding carboxylic acids is 1. The number of nitrogens with two attached hydrogens (primary N) is 1. The van der Waals surface area contributed by atoms with Gasteiger partial charge in [0.25, 0.3) is 0 Å². The van der Waals surface area contributed by atoms with Gasteiger partial charge in [0.2, 0.25) is 5.91 Å². The van der Waals surface area contributed by atoms with E-state index >= 15 is 0 Å². The highest BCUT2D eigenvalue weighted by Gasteiger charge is 2.37. The Bertz CT molecular complexity index is 1030. The fraction of sp³-hybridized carbons (Fsp3) is 0.417. The Labute approximate surface area is 204 Å². The number of carbonyl (C=O) groups is 1. The highest BCUT2D eigenvalue weighted by Crippen LogP contribution is 2.36. The SMILES string of the molecule is CN(CC(c1ccccc1)N1CCN(C(=N)N)CC1)C(=O)Cc1cc(C(F)(F)F)cc(C(F)(F)F)c1. The number of hydrogen-bond donors (Lipinski definition) is 2. The van der Waals surface area contributed by atoms with Crippen LogP contribution in [0.4, 0.5) is 26.3 Å². The van der Waals surface area contributed by atoms with Crippen molar-refractivity contribution in [2.24, 2.45) is 5.73 Å². The molecule has 6 nitrogen and oxygen atoms in total. The molecular weight excluding hydrogens is 488 g/mol. The molecule has 196 valence electrons. The minimum Gasteiger partial charge on any atom is -0.370 e. The van der Waals surface area contributed by atoms with Crippen molar-refractivity contribution in [2.75, 3.05) is 39.8 Å². The molecule has 1 unspecified atom stereocenters. The topological polar surface area (TPSA) is 76.7 Å². The molecule has 1 atom stereocenters. The molecule has 0 aromatic heterocycles. The van der Waals surface area contributed by atoms with Crippen LogP contribution in [0, 0.1) is 5.41 Å². The van der Waals surface area contributed by atoms with Crippen LogP contribution >= 0.6 is 0 Å². The first-order chi connectivity index (χ1) is 16.8. The van der Waals surface area contributed by atoms with Gasteiger partial charge in [-0.1, -0.05) is 30.3 Å². The predicted octanol–water partition coefficient (Wildman–Crippen LogP) is 3.98. The van der Waals surface area contributed by atoms with Crippen LogP contribution in [0.15, 0.2) is 48.5 Å². The monoisotopic (exact) mass is 515 g/mol. The van der Waals surface area contributed by atoms with Gasteiger partial charge in [0.05, 0.1) is 23.6 Å². The predicted molar refractivity (Wildman–Crippen MR) is 122 cm³/mol. The Hall–Kier alpha value is -3.28. The van der Waals surface area contributed by atoms with Crippen LogP contribution in [-0.4, -0.2) is 66.3 Å². The van der Waals surface area contributed by atoms with E-state index in [0.717, 1.165) is 5.56 Å². The highest BCUT2D eigenvalue weighted by atomic mass is 19.4. The average Bonchev–Trinajstić information content (AvgIpc) is 2.81. The van der Waals surface area contributed by atoms with Gasteiger partial charge in [0, 0.05) is 39.8 Å². The Morgan fingerprint density at radius 1 is 0.972 bits per heavy atom. The van der Waals surface area contributed by atoms with E-state index in [0.29, 0.717) is 38.3 Å². The first-order valence-electron chi connectivity index (χ1n) is 11.2. The van der Waals surface area contributed by atoms with Crippen molar-refractivity contribution in [3.63, 3.8) is 0 Å². The summed E-state index contributed by atoms with van der Waals surface area (Å²) in [6, 6.07) is 10.3. The number of guanidine groups is 1. The van der Waals surface area contributed by atoms with Crippen LogP contribution in [0.2, 0.25) is 0 Å². The quantitative estimate of drug-likeness (QED) is 0.347. The summed E-state index contributed by atoms with van der Waals surface area (Å²) in [5.74, 6) is -0.636. The second-order valence-electron chi connectivity index (χ2n) is 8.70. The Morgan fingerprint density at radius 2 is 1.50 bits per heavy atom. The summed E-state index contributed by atoms with van der Waals surface area (Å²) in [6.45, 7) is 2.32. The van der Waals surface area contributed by atoms with Gasteiger partial charge in [-0.05, 0) is 29.3 Å². The van der Waals surface area contributed by atoms with Crippen LogP contribution in [0.1, 0.15) is 28.3 Å². The standard InChI is InChI=1S/C24H27F6N5O/c1-33(21(36)13-16-11-18(23(25,26)27)14-19(12-16)24(28,29)30)15-20(17-5-3-2-4-6-17)34-7-9-35(10-8-34)22(31)32/h2-6,11-12,14,20H,7-10,13,15H2,1H3,(H3,31,32). The van der Waals surface area contributed by atoms with Gasteiger partial charge in [-0.2, -0.15) is 26.3 Å². The fourth-order valence-corrected chi connectivity index (χ4v) is 4.17. The van der Waals surface area contributed by atoms with Crippen LogP contribution in [0.5, 0.6) is 0 Å². The lowest BCUT2D eigenvalue weighted by molar-refractivity contribution is -0.143. The molecule has 0 radical (unpaired) electrons. The Balaban J connectivity index is 1.79. The number of alkyl halides is 6. The van der Waals surface area contributed by atoms with E-state index in [-0.39, 0.29) is 30.2 Å². The van der Waals surface area contributed by atoms with Crippen molar-refractivity contribution >= 4 is 11.9 Å². The second kappa shape index (κ2) is 10.8. The molecule has 1 aliphatic rings. The lowest BCUT2D eigenvalue weighted by atomic mass is 10.0. The van der Waals surface area contributed by atoms with E-state index in [1.54, 1.807) is 4.90 Å². The van der Waals surface area contributed by atoms with E-state index in [1.807, 2.05) is 30.3 Å². The summed E-state index contributed by atoms with van der Waals surface area (Å²) < 4.78 is 79.1. The molecule has 0 bridgehead atoms. The van der Waals surface area contributed by atoms with Crippen molar-refractivity contribution in [3.05, 3.63) is 70.8 Å². The zero-order chi connectivity index (χ0) is 26.7. The summed E-state index contributed by atoms with van der Waals surface area (Å²) in [4.78, 5) is 18.1. The first kappa shape index (κ1) is 27.3. The maximum absolute atomic E-state index is 13.2. The van der Waals surface area contributed by atoms with Crippen LogP contribution in [0.3, 0.4) is 0 Å². The minimum atomic E-state index is -4.98. The Morgan fingerprint density at radius 3 is 1.97 bits per heavy atom. The number of amides is 1. The number of benzene rings is 2. The maximum atomic E-state index is 13.2. The summed E-state index contributed by atoms with van der Waals surface area (Å²) in [6.07, 6.45) is -10.6.